The topological polar surface area (TPSA) is 41.1 Å². The zero-order chi connectivity index (χ0) is 13.0. The first-order valence-electron chi connectivity index (χ1n) is 6.44. The van der Waals surface area contributed by atoms with Crippen LogP contribution in [0, 0.1) is 6.92 Å². The molecule has 1 aromatic carbocycles. The molecule has 0 aliphatic carbocycles. The molecule has 1 amide bonds. The molecular formula is C14H19BrN2O. The van der Waals surface area contributed by atoms with E-state index in [2.05, 4.69) is 26.6 Å². The Morgan fingerprint density at radius 1 is 1.39 bits per heavy atom. The lowest BCUT2D eigenvalue weighted by Crippen LogP contribution is -2.35. The smallest absolute Gasteiger partial charge is 0.252 e. The number of rotatable bonds is 2. The van der Waals surface area contributed by atoms with Crippen molar-refractivity contribution in [3.05, 3.63) is 33.8 Å². The molecule has 1 aromatic rings. The second kappa shape index (κ2) is 6.34. The van der Waals surface area contributed by atoms with Gasteiger partial charge in [0.25, 0.3) is 5.91 Å². The van der Waals surface area contributed by atoms with Crippen LogP contribution in [0.1, 0.15) is 35.2 Å². The van der Waals surface area contributed by atoms with Crippen molar-refractivity contribution in [3.8, 4) is 0 Å². The summed E-state index contributed by atoms with van der Waals surface area (Å²) in [5, 5.41) is 6.48. The first-order chi connectivity index (χ1) is 8.66. The van der Waals surface area contributed by atoms with Crippen molar-refractivity contribution in [1.29, 1.82) is 0 Å². The maximum absolute atomic E-state index is 12.2. The van der Waals surface area contributed by atoms with Gasteiger partial charge in [-0.3, -0.25) is 4.79 Å². The Labute approximate surface area is 116 Å². The van der Waals surface area contributed by atoms with Crippen molar-refractivity contribution in [2.75, 3.05) is 13.1 Å². The number of aryl methyl sites for hydroxylation is 1. The summed E-state index contributed by atoms with van der Waals surface area (Å²) in [6, 6.07) is 6.11. The molecule has 1 aliphatic heterocycles. The molecule has 1 aliphatic rings. The van der Waals surface area contributed by atoms with Crippen LogP contribution in [0.15, 0.2) is 22.7 Å². The molecular weight excluding hydrogens is 292 g/mol. The van der Waals surface area contributed by atoms with Crippen molar-refractivity contribution >= 4 is 21.8 Å². The molecule has 0 bridgehead atoms. The molecule has 4 heteroatoms. The van der Waals surface area contributed by atoms with E-state index in [0.717, 1.165) is 48.0 Å². The first kappa shape index (κ1) is 13.6. The van der Waals surface area contributed by atoms with E-state index in [4.69, 9.17) is 0 Å². The van der Waals surface area contributed by atoms with Crippen LogP contribution in [0.3, 0.4) is 0 Å². The first-order valence-corrected chi connectivity index (χ1v) is 7.24. The van der Waals surface area contributed by atoms with Gasteiger partial charge < -0.3 is 10.6 Å². The molecule has 18 heavy (non-hydrogen) atoms. The zero-order valence-corrected chi connectivity index (χ0v) is 12.2. The summed E-state index contributed by atoms with van der Waals surface area (Å²) in [4.78, 5) is 12.2. The van der Waals surface area contributed by atoms with E-state index < -0.39 is 0 Å². The molecule has 1 heterocycles. The van der Waals surface area contributed by atoms with Gasteiger partial charge in [0.15, 0.2) is 0 Å². The predicted molar refractivity (Wildman–Crippen MR) is 76.9 cm³/mol. The van der Waals surface area contributed by atoms with Crippen molar-refractivity contribution in [2.45, 2.75) is 32.2 Å². The van der Waals surface area contributed by atoms with Crippen LogP contribution >= 0.6 is 15.9 Å². The maximum atomic E-state index is 12.2. The van der Waals surface area contributed by atoms with Crippen molar-refractivity contribution < 1.29 is 4.79 Å². The van der Waals surface area contributed by atoms with Gasteiger partial charge in [0, 0.05) is 10.5 Å². The lowest BCUT2D eigenvalue weighted by molar-refractivity contribution is 0.0933. The van der Waals surface area contributed by atoms with Gasteiger partial charge in [-0.2, -0.15) is 0 Å². The number of hydrogen-bond acceptors (Lipinski definition) is 2. The Hall–Kier alpha value is -0.870. The minimum absolute atomic E-state index is 0.0220. The third-order valence-electron chi connectivity index (χ3n) is 3.28. The molecule has 98 valence electrons. The van der Waals surface area contributed by atoms with E-state index in [-0.39, 0.29) is 5.91 Å². The highest BCUT2D eigenvalue weighted by molar-refractivity contribution is 9.10. The SMILES string of the molecule is Cc1ccc(C(=O)NC2CCCNCC2)c(Br)c1. The average Bonchev–Trinajstić information content (AvgIpc) is 2.57. The van der Waals surface area contributed by atoms with E-state index in [1.165, 1.54) is 0 Å². The highest BCUT2D eigenvalue weighted by atomic mass is 79.9. The van der Waals surface area contributed by atoms with Crippen molar-refractivity contribution in [2.24, 2.45) is 0 Å². The van der Waals surface area contributed by atoms with E-state index in [1.54, 1.807) is 0 Å². The fourth-order valence-corrected chi connectivity index (χ4v) is 2.90. The van der Waals surface area contributed by atoms with Crippen LogP contribution in [0.5, 0.6) is 0 Å². The second-order valence-electron chi connectivity index (χ2n) is 4.83. The van der Waals surface area contributed by atoms with Gasteiger partial charge in [-0.15, -0.1) is 0 Å². The molecule has 1 saturated heterocycles. The normalized spacial score (nSPS) is 20.2. The number of carbonyl (C=O) groups is 1. The van der Waals surface area contributed by atoms with Crippen molar-refractivity contribution in [1.82, 2.24) is 10.6 Å². The van der Waals surface area contributed by atoms with Crippen LogP contribution in [-0.2, 0) is 0 Å². The minimum atomic E-state index is 0.0220. The molecule has 2 N–H and O–H groups in total. The summed E-state index contributed by atoms with van der Waals surface area (Å²) in [7, 11) is 0. The quantitative estimate of drug-likeness (QED) is 0.881. The lowest BCUT2D eigenvalue weighted by atomic mass is 10.1. The molecule has 1 fully saturated rings. The molecule has 1 atom stereocenters. The Kier molecular flexibility index (Phi) is 4.78. The molecule has 1 unspecified atom stereocenters. The Bertz CT molecular complexity index is 426. The molecule has 0 spiro atoms. The fraction of sp³-hybridized carbons (Fsp3) is 0.500. The Morgan fingerprint density at radius 2 is 2.22 bits per heavy atom. The second-order valence-corrected chi connectivity index (χ2v) is 5.69. The van der Waals surface area contributed by atoms with Gasteiger partial charge in [-0.05, 0) is 72.9 Å². The highest BCUT2D eigenvalue weighted by Gasteiger charge is 2.16. The van der Waals surface area contributed by atoms with E-state index in [0.29, 0.717) is 6.04 Å². The highest BCUT2D eigenvalue weighted by Crippen LogP contribution is 2.19. The standard InChI is InChI=1S/C14H19BrN2O/c1-10-4-5-12(13(15)9-10)14(18)17-11-3-2-7-16-8-6-11/h4-5,9,11,16H,2-3,6-8H2,1H3,(H,17,18). The summed E-state index contributed by atoms with van der Waals surface area (Å²) < 4.78 is 0.867. The number of hydrogen-bond donors (Lipinski definition) is 2. The minimum Gasteiger partial charge on any atom is -0.349 e. The molecule has 0 saturated carbocycles. The van der Waals surface area contributed by atoms with Crippen LogP contribution in [0.2, 0.25) is 0 Å². The molecule has 0 aromatic heterocycles. The van der Waals surface area contributed by atoms with Gasteiger partial charge in [0.1, 0.15) is 0 Å². The zero-order valence-electron chi connectivity index (χ0n) is 10.6. The number of carbonyl (C=O) groups excluding carboxylic acids is 1. The summed E-state index contributed by atoms with van der Waals surface area (Å²) in [6.07, 6.45) is 3.19. The van der Waals surface area contributed by atoms with Crippen LogP contribution in [0.25, 0.3) is 0 Å². The van der Waals surface area contributed by atoms with Crippen molar-refractivity contribution in [3.63, 3.8) is 0 Å². The lowest BCUT2D eigenvalue weighted by Gasteiger charge is -2.16. The molecule has 3 nitrogen and oxygen atoms in total. The van der Waals surface area contributed by atoms with Gasteiger partial charge in [0.05, 0.1) is 5.56 Å². The van der Waals surface area contributed by atoms with Gasteiger partial charge >= 0.3 is 0 Å². The van der Waals surface area contributed by atoms with Gasteiger partial charge in [0.2, 0.25) is 0 Å². The summed E-state index contributed by atoms with van der Waals surface area (Å²) in [6.45, 7) is 4.06. The van der Waals surface area contributed by atoms with Crippen LogP contribution < -0.4 is 10.6 Å². The summed E-state index contributed by atoms with van der Waals surface area (Å²) in [5.41, 5.74) is 1.87. The summed E-state index contributed by atoms with van der Waals surface area (Å²) in [5.74, 6) is 0.0220. The Morgan fingerprint density at radius 3 is 3.00 bits per heavy atom. The molecule has 0 radical (unpaired) electrons. The maximum Gasteiger partial charge on any atom is 0.252 e. The number of nitrogens with one attached hydrogen (secondary N) is 2. The average molecular weight is 311 g/mol. The summed E-state index contributed by atoms with van der Waals surface area (Å²) >= 11 is 3.45. The number of halogens is 1. The fourth-order valence-electron chi connectivity index (χ4n) is 2.23. The van der Waals surface area contributed by atoms with Crippen LogP contribution in [0.4, 0.5) is 0 Å². The largest absolute Gasteiger partial charge is 0.349 e. The predicted octanol–water partition coefficient (Wildman–Crippen LogP) is 2.63. The number of benzene rings is 1. The third kappa shape index (κ3) is 3.56. The Balaban J connectivity index is 2.02. The third-order valence-corrected chi connectivity index (χ3v) is 3.94. The monoisotopic (exact) mass is 310 g/mol. The van der Waals surface area contributed by atoms with Gasteiger partial charge in [-0.25, -0.2) is 0 Å². The van der Waals surface area contributed by atoms with Crippen LogP contribution in [-0.4, -0.2) is 25.0 Å². The number of amides is 1. The van der Waals surface area contributed by atoms with E-state index in [9.17, 15) is 4.79 Å². The van der Waals surface area contributed by atoms with E-state index in [1.807, 2.05) is 25.1 Å². The van der Waals surface area contributed by atoms with Gasteiger partial charge in [-0.1, -0.05) is 6.07 Å². The molecule has 2 rings (SSSR count). The van der Waals surface area contributed by atoms with E-state index >= 15 is 0 Å².